The van der Waals surface area contributed by atoms with Gasteiger partial charge >= 0.3 is 17.9 Å². The Labute approximate surface area is 447 Å². The second-order valence-corrected chi connectivity index (χ2v) is 18.1. The van der Waals surface area contributed by atoms with Gasteiger partial charge in [-0.25, -0.2) is 0 Å². The Morgan fingerprint density at radius 1 is 0.288 bits per heavy atom. The molecule has 0 saturated carbocycles. The monoisotopic (exact) mass is 1000 g/mol. The fraction of sp³-hybridized carbons (Fsp3) is 0.537. The molecule has 6 heteroatoms. The molecule has 0 aliphatic heterocycles. The molecule has 0 rings (SSSR count). The molecule has 6 nitrogen and oxygen atoms in total. The van der Waals surface area contributed by atoms with E-state index in [9.17, 15) is 14.4 Å². The molecule has 0 spiro atoms. The van der Waals surface area contributed by atoms with Crippen LogP contribution >= 0.6 is 0 Å². The highest BCUT2D eigenvalue weighted by atomic mass is 16.6. The number of ether oxygens (including phenoxy) is 3. The minimum absolute atomic E-state index is 0.135. The van der Waals surface area contributed by atoms with E-state index in [0.29, 0.717) is 19.3 Å². The van der Waals surface area contributed by atoms with Crippen molar-refractivity contribution in [2.75, 3.05) is 13.2 Å². The first-order chi connectivity index (χ1) is 36.0. The fourth-order valence-corrected chi connectivity index (χ4v) is 6.96. The van der Waals surface area contributed by atoms with Crippen LogP contribution in [0.4, 0.5) is 0 Å². The van der Waals surface area contributed by atoms with Gasteiger partial charge in [0.1, 0.15) is 13.2 Å². The van der Waals surface area contributed by atoms with Crippen LogP contribution in [-0.2, 0) is 28.6 Å². The van der Waals surface area contributed by atoms with Gasteiger partial charge in [-0.2, -0.15) is 0 Å². The highest BCUT2D eigenvalue weighted by molar-refractivity contribution is 5.71. The fourth-order valence-electron chi connectivity index (χ4n) is 6.96. The zero-order valence-electron chi connectivity index (χ0n) is 46.3. The van der Waals surface area contributed by atoms with Crippen molar-refractivity contribution in [3.63, 3.8) is 0 Å². The highest BCUT2D eigenvalue weighted by Gasteiger charge is 2.19. The largest absolute Gasteiger partial charge is 0.462 e. The van der Waals surface area contributed by atoms with Gasteiger partial charge in [-0.1, -0.05) is 217 Å². The van der Waals surface area contributed by atoms with E-state index in [0.717, 1.165) is 135 Å². The van der Waals surface area contributed by atoms with Crippen LogP contribution in [0.5, 0.6) is 0 Å². The molecule has 0 N–H and O–H groups in total. The number of hydrogen-bond acceptors (Lipinski definition) is 6. The number of hydrogen-bond donors (Lipinski definition) is 0. The zero-order valence-corrected chi connectivity index (χ0v) is 46.3. The Balaban J connectivity index is 4.64. The van der Waals surface area contributed by atoms with E-state index in [1.165, 1.54) is 25.7 Å². The maximum absolute atomic E-state index is 12.9. The van der Waals surface area contributed by atoms with Crippen LogP contribution in [0.15, 0.2) is 170 Å². The lowest BCUT2D eigenvalue weighted by atomic mass is 10.1. The first kappa shape index (κ1) is 67.8. The van der Waals surface area contributed by atoms with E-state index >= 15 is 0 Å². The van der Waals surface area contributed by atoms with E-state index in [4.69, 9.17) is 14.2 Å². The van der Waals surface area contributed by atoms with Crippen LogP contribution in [0.3, 0.4) is 0 Å². The van der Waals surface area contributed by atoms with Gasteiger partial charge in [-0.05, 0) is 148 Å². The molecule has 0 fully saturated rings. The Hall–Kier alpha value is -5.23. The van der Waals surface area contributed by atoms with E-state index in [1.807, 2.05) is 0 Å². The average Bonchev–Trinajstić information content (AvgIpc) is 3.39. The lowest BCUT2D eigenvalue weighted by molar-refractivity contribution is -0.167. The van der Waals surface area contributed by atoms with Crippen LogP contribution in [0.25, 0.3) is 0 Å². The van der Waals surface area contributed by atoms with Gasteiger partial charge in [-0.15, -0.1) is 0 Å². The third-order valence-corrected chi connectivity index (χ3v) is 11.2. The minimum Gasteiger partial charge on any atom is -0.462 e. The minimum atomic E-state index is -0.842. The molecule has 0 aromatic carbocycles. The number of carbonyl (C=O) groups excluding carboxylic acids is 3. The van der Waals surface area contributed by atoms with E-state index < -0.39 is 6.10 Å². The topological polar surface area (TPSA) is 78.9 Å². The van der Waals surface area contributed by atoms with Crippen LogP contribution in [-0.4, -0.2) is 37.2 Å². The van der Waals surface area contributed by atoms with Crippen molar-refractivity contribution >= 4 is 17.9 Å². The Kier molecular flexibility index (Phi) is 55.1. The number of esters is 3. The van der Waals surface area contributed by atoms with Gasteiger partial charge < -0.3 is 14.2 Å². The summed E-state index contributed by atoms with van der Waals surface area (Å²) in [5.41, 5.74) is 0. The summed E-state index contributed by atoms with van der Waals surface area (Å²) in [6, 6.07) is 0. The summed E-state index contributed by atoms with van der Waals surface area (Å²) in [6.07, 6.45) is 87.7. The van der Waals surface area contributed by atoms with Gasteiger partial charge in [0.15, 0.2) is 6.10 Å². The van der Waals surface area contributed by atoms with Crippen molar-refractivity contribution in [1.29, 1.82) is 0 Å². The van der Waals surface area contributed by atoms with E-state index in [2.05, 4.69) is 191 Å². The van der Waals surface area contributed by atoms with Crippen LogP contribution in [0.2, 0.25) is 0 Å². The molecule has 1 atom stereocenters. The van der Waals surface area contributed by atoms with Crippen molar-refractivity contribution in [2.24, 2.45) is 0 Å². The molecule has 0 aliphatic carbocycles. The Morgan fingerprint density at radius 3 is 0.863 bits per heavy atom. The summed E-state index contributed by atoms with van der Waals surface area (Å²) < 4.78 is 16.8. The summed E-state index contributed by atoms with van der Waals surface area (Å²) in [7, 11) is 0. The number of unbranched alkanes of at least 4 members (excludes halogenated alkanes) is 10. The smallest absolute Gasteiger partial charge is 0.306 e. The van der Waals surface area contributed by atoms with Crippen molar-refractivity contribution in [3.8, 4) is 0 Å². The van der Waals surface area contributed by atoms with Crippen LogP contribution in [0.1, 0.15) is 213 Å². The quantitative estimate of drug-likeness (QED) is 0.0261. The molecule has 0 saturated heterocycles. The molecular weight excluding hydrogens is 901 g/mol. The molecule has 406 valence electrons. The molecule has 0 aromatic heterocycles. The van der Waals surface area contributed by atoms with Crippen LogP contribution < -0.4 is 0 Å². The second kappa shape index (κ2) is 59.3. The van der Waals surface area contributed by atoms with Crippen molar-refractivity contribution in [3.05, 3.63) is 170 Å². The summed E-state index contributed by atoms with van der Waals surface area (Å²) in [4.78, 5) is 38.2. The molecular formula is C67H102O6. The molecule has 0 bridgehead atoms. The number of allylic oxidation sites excluding steroid dienone is 28. The molecule has 0 radical (unpaired) electrons. The Bertz CT molecular complexity index is 1720. The highest BCUT2D eigenvalue weighted by Crippen LogP contribution is 2.11. The van der Waals surface area contributed by atoms with Gasteiger partial charge in [-0.3, -0.25) is 14.4 Å². The maximum Gasteiger partial charge on any atom is 0.306 e. The molecule has 0 aromatic rings. The standard InChI is InChI=1S/C67H102O6/c1-4-7-10-13-16-19-22-25-28-31-33-36-39-42-45-48-51-54-57-60-66(69)72-63-64(62-71-65(68)59-56-53-50-47-44-41-38-35-30-27-24-21-18-15-12-9-6-3)73-67(70)61-58-55-52-49-46-43-40-37-34-32-29-26-23-20-17-14-11-8-5-2/h7-8,10-11,16-21,25-30,33-34,36-38,41-43,45-47,50,64H,4-6,9,12-15,22-24,31-32,35,39-40,44,48-49,51-63H2,1-3H3/b10-7-,11-8-,19-16-,20-17-,21-18-,28-25-,29-26-,30-27-,36-33-,37-34-,41-38-,45-42-,46-43-,50-47-. The summed E-state index contributed by atoms with van der Waals surface area (Å²) >= 11 is 0. The molecule has 0 heterocycles. The van der Waals surface area contributed by atoms with Crippen molar-refractivity contribution in [1.82, 2.24) is 0 Å². The summed E-state index contributed by atoms with van der Waals surface area (Å²) in [6.45, 7) is 6.26. The van der Waals surface area contributed by atoms with E-state index in [1.54, 1.807) is 0 Å². The van der Waals surface area contributed by atoms with Gasteiger partial charge in [0.25, 0.3) is 0 Å². The summed E-state index contributed by atoms with van der Waals surface area (Å²) in [5, 5.41) is 0. The van der Waals surface area contributed by atoms with E-state index in [-0.39, 0.29) is 44.0 Å². The molecule has 1 unspecified atom stereocenters. The predicted octanol–water partition coefficient (Wildman–Crippen LogP) is 19.5. The Morgan fingerprint density at radius 2 is 0.548 bits per heavy atom. The third-order valence-electron chi connectivity index (χ3n) is 11.2. The lowest BCUT2D eigenvalue weighted by Crippen LogP contribution is -2.30. The van der Waals surface area contributed by atoms with Gasteiger partial charge in [0, 0.05) is 19.3 Å². The first-order valence-electron chi connectivity index (χ1n) is 28.6. The van der Waals surface area contributed by atoms with Crippen molar-refractivity contribution in [2.45, 2.75) is 219 Å². The summed E-state index contributed by atoms with van der Waals surface area (Å²) in [5.74, 6) is -1.07. The third kappa shape index (κ3) is 57.5. The number of carbonyl (C=O) groups is 3. The SMILES string of the molecule is CC/C=C\C/C=C\C/C=C\C/C=C\C/C=C\CCCCCC(=O)OCC(COC(=O)CCC/C=C\C/C=C\C/C=C\C/C=C\CCCCC)OC(=O)CCCCC/C=C\C/C=C\C/C=C\C/C=C\C/C=C\CC. The zero-order chi connectivity index (χ0) is 52.9. The molecule has 73 heavy (non-hydrogen) atoms. The molecule has 0 aliphatic rings. The molecule has 0 amide bonds. The average molecular weight is 1000 g/mol. The van der Waals surface area contributed by atoms with Gasteiger partial charge in [0.05, 0.1) is 0 Å². The first-order valence-corrected chi connectivity index (χ1v) is 28.6. The number of rotatable bonds is 49. The van der Waals surface area contributed by atoms with Gasteiger partial charge in [0.2, 0.25) is 0 Å². The van der Waals surface area contributed by atoms with Crippen LogP contribution in [0, 0.1) is 0 Å². The normalized spacial score (nSPS) is 13.4. The second-order valence-electron chi connectivity index (χ2n) is 18.1. The lowest BCUT2D eigenvalue weighted by Gasteiger charge is -2.18. The maximum atomic E-state index is 12.9. The predicted molar refractivity (Wildman–Crippen MR) is 315 cm³/mol. The van der Waals surface area contributed by atoms with Crippen molar-refractivity contribution < 1.29 is 28.6 Å².